The molecule has 0 aromatic heterocycles. The van der Waals surface area contributed by atoms with Crippen LogP contribution in [0, 0.1) is 17.5 Å². The molecule has 0 saturated carbocycles. The Bertz CT molecular complexity index is 611. The van der Waals surface area contributed by atoms with Crippen molar-refractivity contribution in [2.24, 2.45) is 0 Å². The van der Waals surface area contributed by atoms with Crippen LogP contribution in [0.15, 0.2) is 17.0 Å². The number of benzene rings is 1. The van der Waals surface area contributed by atoms with Gasteiger partial charge in [-0.1, -0.05) is 0 Å². The first kappa shape index (κ1) is 15.3. The van der Waals surface area contributed by atoms with Crippen LogP contribution in [0.2, 0.25) is 0 Å². The Balaban J connectivity index is 2.43. The van der Waals surface area contributed by atoms with Gasteiger partial charge in [-0.05, 0) is 26.0 Å². The van der Waals surface area contributed by atoms with Crippen LogP contribution < -0.4 is 0 Å². The van der Waals surface area contributed by atoms with Crippen molar-refractivity contribution in [2.45, 2.75) is 31.0 Å². The number of hydrogen-bond acceptors (Lipinski definition) is 3. The summed E-state index contributed by atoms with van der Waals surface area (Å²) < 4.78 is 70.7. The fraction of sp³-hybridized carbons (Fsp3) is 0.500. The lowest BCUT2D eigenvalue weighted by Gasteiger charge is -2.34. The van der Waals surface area contributed by atoms with Gasteiger partial charge in [0.05, 0.1) is 12.2 Å². The fourth-order valence-electron chi connectivity index (χ4n) is 2.17. The van der Waals surface area contributed by atoms with E-state index in [0.29, 0.717) is 6.07 Å². The number of rotatable bonds is 2. The van der Waals surface area contributed by atoms with Gasteiger partial charge in [0.2, 0.25) is 10.0 Å². The molecule has 0 N–H and O–H groups in total. The van der Waals surface area contributed by atoms with Crippen LogP contribution >= 0.6 is 0 Å². The monoisotopic (exact) mass is 309 g/mol. The normalized spacial score (nSPS) is 24.9. The van der Waals surface area contributed by atoms with Gasteiger partial charge in [-0.25, -0.2) is 21.6 Å². The summed E-state index contributed by atoms with van der Waals surface area (Å²) in [5, 5.41) is 0. The van der Waals surface area contributed by atoms with Gasteiger partial charge >= 0.3 is 0 Å². The van der Waals surface area contributed by atoms with Crippen LogP contribution in [0.5, 0.6) is 0 Å². The summed E-state index contributed by atoms with van der Waals surface area (Å²) in [7, 11) is -4.23. The first-order valence-electron chi connectivity index (χ1n) is 6.02. The molecule has 1 aromatic rings. The highest BCUT2D eigenvalue weighted by Crippen LogP contribution is 2.25. The number of hydrogen-bond donors (Lipinski definition) is 0. The third kappa shape index (κ3) is 2.68. The van der Waals surface area contributed by atoms with Crippen molar-refractivity contribution in [1.29, 1.82) is 0 Å². The molecule has 1 aliphatic rings. The van der Waals surface area contributed by atoms with Gasteiger partial charge in [-0.2, -0.15) is 4.31 Å². The van der Waals surface area contributed by atoms with E-state index in [1.807, 2.05) is 0 Å². The molecule has 20 heavy (non-hydrogen) atoms. The number of sulfonamides is 1. The van der Waals surface area contributed by atoms with Crippen molar-refractivity contribution in [2.75, 3.05) is 13.1 Å². The van der Waals surface area contributed by atoms with Crippen LogP contribution in [-0.2, 0) is 14.8 Å². The van der Waals surface area contributed by atoms with Crippen molar-refractivity contribution in [1.82, 2.24) is 4.31 Å². The average Bonchev–Trinajstić information content (AvgIpc) is 2.34. The Morgan fingerprint density at radius 2 is 1.65 bits per heavy atom. The smallest absolute Gasteiger partial charge is 0.246 e. The first-order chi connectivity index (χ1) is 9.23. The maximum atomic E-state index is 13.7. The summed E-state index contributed by atoms with van der Waals surface area (Å²) in [6, 6.07) is 1.33. The second kappa shape index (κ2) is 5.34. The fourth-order valence-corrected chi connectivity index (χ4v) is 3.82. The van der Waals surface area contributed by atoms with E-state index in [0.717, 1.165) is 10.4 Å². The van der Waals surface area contributed by atoms with Gasteiger partial charge in [-0.3, -0.25) is 0 Å². The molecular formula is C12H14F3NO3S. The molecule has 2 unspecified atom stereocenters. The minimum Gasteiger partial charge on any atom is -0.373 e. The predicted molar refractivity (Wildman–Crippen MR) is 65.1 cm³/mol. The zero-order valence-corrected chi connectivity index (χ0v) is 11.8. The zero-order valence-electron chi connectivity index (χ0n) is 10.9. The molecule has 112 valence electrons. The van der Waals surface area contributed by atoms with Gasteiger partial charge in [0, 0.05) is 13.1 Å². The lowest BCUT2D eigenvalue weighted by atomic mass is 10.3. The number of halogens is 3. The summed E-state index contributed by atoms with van der Waals surface area (Å²) in [4.78, 5) is -0.863. The number of morpholine rings is 1. The van der Waals surface area contributed by atoms with Crippen molar-refractivity contribution in [3.8, 4) is 0 Å². The minimum absolute atomic E-state index is 0.0328. The molecule has 2 rings (SSSR count). The van der Waals surface area contributed by atoms with Gasteiger partial charge in [0.15, 0.2) is 17.5 Å². The topological polar surface area (TPSA) is 46.6 Å². The highest BCUT2D eigenvalue weighted by Gasteiger charge is 2.35. The summed E-state index contributed by atoms with van der Waals surface area (Å²) in [5.41, 5.74) is 0. The molecule has 0 amide bonds. The molecular weight excluding hydrogens is 295 g/mol. The Labute approximate surface area is 115 Å². The second-order valence-electron chi connectivity index (χ2n) is 4.75. The minimum atomic E-state index is -4.23. The van der Waals surface area contributed by atoms with Crippen molar-refractivity contribution in [3.63, 3.8) is 0 Å². The third-order valence-corrected chi connectivity index (χ3v) is 4.85. The molecule has 4 nitrogen and oxygen atoms in total. The van der Waals surface area contributed by atoms with E-state index in [1.54, 1.807) is 13.8 Å². The van der Waals surface area contributed by atoms with Crippen LogP contribution in [0.25, 0.3) is 0 Å². The van der Waals surface area contributed by atoms with Crippen molar-refractivity contribution < 1.29 is 26.3 Å². The predicted octanol–water partition coefficient (Wildman–Crippen LogP) is 1.90. The van der Waals surface area contributed by atoms with Gasteiger partial charge < -0.3 is 4.74 Å². The SMILES string of the molecule is CC1CN(S(=O)(=O)c2ccc(F)c(F)c2F)CC(C)O1. The molecule has 1 aliphatic heterocycles. The third-order valence-electron chi connectivity index (χ3n) is 3.00. The first-order valence-corrected chi connectivity index (χ1v) is 7.46. The van der Waals surface area contributed by atoms with E-state index in [-0.39, 0.29) is 25.3 Å². The molecule has 8 heteroatoms. The van der Waals surface area contributed by atoms with E-state index < -0.39 is 32.4 Å². The van der Waals surface area contributed by atoms with Crippen LogP contribution in [0.3, 0.4) is 0 Å². The molecule has 0 spiro atoms. The summed E-state index contributed by atoms with van der Waals surface area (Å²) in [5.74, 6) is -4.91. The lowest BCUT2D eigenvalue weighted by Crippen LogP contribution is -2.48. The Morgan fingerprint density at radius 1 is 1.10 bits per heavy atom. The Morgan fingerprint density at radius 3 is 2.20 bits per heavy atom. The van der Waals surface area contributed by atoms with Crippen LogP contribution in [-0.4, -0.2) is 38.0 Å². The molecule has 0 radical (unpaired) electrons. The van der Waals surface area contributed by atoms with E-state index in [4.69, 9.17) is 4.74 Å². The standard InChI is InChI=1S/C12H14F3NO3S/c1-7-5-16(6-8(2)19-7)20(17,18)10-4-3-9(13)11(14)12(10)15/h3-4,7-8H,5-6H2,1-2H3. The highest BCUT2D eigenvalue weighted by atomic mass is 32.2. The van der Waals surface area contributed by atoms with Gasteiger partial charge in [0.1, 0.15) is 4.90 Å². The van der Waals surface area contributed by atoms with Crippen LogP contribution in [0.1, 0.15) is 13.8 Å². The molecule has 1 aromatic carbocycles. The van der Waals surface area contributed by atoms with Gasteiger partial charge in [-0.15, -0.1) is 0 Å². The maximum Gasteiger partial charge on any atom is 0.246 e. The van der Waals surface area contributed by atoms with E-state index in [2.05, 4.69) is 0 Å². The molecule has 1 fully saturated rings. The van der Waals surface area contributed by atoms with Crippen molar-refractivity contribution in [3.05, 3.63) is 29.6 Å². The van der Waals surface area contributed by atoms with E-state index in [1.165, 1.54) is 0 Å². The van der Waals surface area contributed by atoms with E-state index in [9.17, 15) is 21.6 Å². The number of ether oxygens (including phenoxy) is 1. The molecule has 2 atom stereocenters. The highest BCUT2D eigenvalue weighted by molar-refractivity contribution is 7.89. The molecule has 1 heterocycles. The largest absolute Gasteiger partial charge is 0.373 e. The van der Waals surface area contributed by atoms with Crippen molar-refractivity contribution >= 4 is 10.0 Å². The maximum absolute atomic E-state index is 13.7. The van der Waals surface area contributed by atoms with Gasteiger partial charge in [0.25, 0.3) is 0 Å². The zero-order chi connectivity index (χ0) is 15.1. The summed E-state index contributed by atoms with van der Waals surface area (Å²) in [6.07, 6.45) is -0.719. The second-order valence-corrected chi connectivity index (χ2v) is 6.66. The lowest BCUT2D eigenvalue weighted by molar-refractivity contribution is -0.0441. The average molecular weight is 309 g/mol. The quantitative estimate of drug-likeness (QED) is 0.784. The Kier molecular flexibility index (Phi) is 4.08. The molecule has 0 bridgehead atoms. The van der Waals surface area contributed by atoms with Crippen LogP contribution in [0.4, 0.5) is 13.2 Å². The Hall–Kier alpha value is -1.12. The summed E-state index contributed by atoms with van der Waals surface area (Å²) in [6.45, 7) is 3.43. The summed E-state index contributed by atoms with van der Waals surface area (Å²) >= 11 is 0. The van der Waals surface area contributed by atoms with E-state index >= 15 is 0 Å². The number of nitrogens with zero attached hydrogens (tertiary/aromatic N) is 1. The molecule has 1 saturated heterocycles. The molecule has 0 aliphatic carbocycles.